The van der Waals surface area contributed by atoms with Gasteiger partial charge < -0.3 is 10.4 Å². The zero-order valence-electron chi connectivity index (χ0n) is 10.8. The number of nitrogens with zero attached hydrogens (tertiary/aromatic N) is 2. The Morgan fingerprint density at radius 1 is 1.44 bits per heavy atom. The van der Waals surface area contributed by atoms with Gasteiger partial charge in [-0.3, -0.25) is 9.48 Å². The molecule has 1 aliphatic carbocycles. The van der Waals surface area contributed by atoms with Crippen molar-refractivity contribution in [2.75, 3.05) is 0 Å². The second kappa shape index (κ2) is 4.12. The first kappa shape index (κ1) is 12.6. The molecule has 0 saturated heterocycles. The molecule has 6 nitrogen and oxygen atoms in total. The van der Waals surface area contributed by atoms with Crippen molar-refractivity contribution in [2.45, 2.75) is 38.6 Å². The summed E-state index contributed by atoms with van der Waals surface area (Å²) >= 11 is 0. The lowest BCUT2D eigenvalue weighted by Crippen LogP contribution is -2.43. The average molecular weight is 251 g/mol. The Hall–Kier alpha value is -1.85. The van der Waals surface area contributed by atoms with Crippen LogP contribution in [0.3, 0.4) is 0 Å². The molecule has 1 aromatic rings. The van der Waals surface area contributed by atoms with Crippen molar-refractivity contribution >= 4 is 11.9 Å². The van der Waals surface area contributed by atoms with E-state index in [0.29, 0.717) is 12.8 Å². The summed E-state index contributed by atoms with van der Waals surface area (Å²) in [5.74, 6) is -1.20. The van der Waals surface area contributed by atoms with Gasteiger partial charge >= 0.3 is 5.97 Å². The van der Waals surface area contributed by atoms with Crippen LogP contribution < -0.4 is 5.32 Å². The van der Waals surface area contributed by atoms with Gasteiger partial charge in [0.15, 0.2) is 0 Å². The van der Waals surface area contributed by atoms with Crippen LogP contribution in [-0.2, 0) is 23.1 Å². The van der Waals surface area contributed by atoms with E-state index in [9.17, 15) is 9.59 Å². The number of carboxylic acid groups (broad SMARTS) is 1. The van der Waals surface area contributed by atoms with E-state index in [0.717, 1.165) is 17.0 Å². The molecule has 0 aromatic carbocycles. The fraction of sp³-hybridized carbons (Fsp3) is 0.583. The third-order valence-electron chi connectivity index (χ3n) is 3.53. The summed E-state index contributed by atoms with van der Waals surface area (Å²) in [5, 5.41) is 15.8. The molecule has 2 rings (SSSR count). The minimum absolute atomic E-state index is 0.181. The Labute approximate surface area is 105 Å². The maximum atomic E-state index is 11.9. The molecule has 1 amide bonds. The molecular formula is C12H17N3O3. The van der Waals surface area contributed by atoms with Gasteiger partial charge in [0, 0.05) is 18.3 Å². The number of nitrogens with one attached hydrogen (secondary N) is 1. The third-order valence-corrected chi connectivity index (χ3v) is 3.53. The number of aryl methyl sites for hydroxylation is 2. The normalized spacial score (nSPS) is 16.4. The predicted octanol–water partition coefficient (Wildman–Crippen LogP) is 0.313. The molecule has 1 heterocycles. The van der Waals surface area contributed by atoms with Crippen molar-refractivity contribution in [3.63, 3.8) is 0 Å². The van der Waals surface area contributed by atoms with E-state index in [1.54, 1.807) is 4.68 Å². The minimum atomic E-state index is -1.01. The number of hydrogen-bond donors (Lipinski definition) is 2. The number of aromatic nitrogens is 2. The first-order valence-electron chi connectivity index (χ1n) is 5.89. The Morgan fingerprint density at radius 2 is 2.06 bits per heavy atom. The highest BCUT2D eigenvalue weighted by Crippen LogP contribution is 2.35. The molecular weight excluding hydrogens is 234 g/mol. The van der Waals surface area contributed by atoms with E-state index >= 15 is 0 Å². The van der Waals surface area contributed by atoms with E-state index in [2.05, 4.69) is 10.4 Å². The topological polar surface area (TPSA) is 84.2 Å². The number of carboxylic acids is 1. The molecule has 18 heavy (non-hydrogen) atoms. The van der Waals surface area contributed by atoms with Crippen LogP contribution in [0.1, 0.15) is 29.8 Å². The van der Waals surface area contributed by atoms with Crippen LogP contribution in [0.25, 0.3) is 0 Å². The van der Waals surface area contributed by atoms with Gasteiger partial charge in [-0.15, -0.1) is 0 Å². The van der Waals surface area contributed by atoms with Crippen molar-refractivity contribution in [3.8, 4) is 0 Å². The largest absolute Gasteiger partial charge is 0.480 e. The van der Waals surface area contributed by atoms with Crippen LogP contribution in [0.5, 0.6) is 0 Å². The molecule has 1 fully saturated rings. The summed E-state index contributed by atoms with van der Waals surface area (Å²) in [4.78, 5) is 22.9. The van der Waals surface area contributed by atoms with Gasteiger partial charge in [-0.25, -0.2) is 4.79 Å². The number of carbonyl (C=O) groups excluding carboxylic acids is 1. The number of rotatable bonds is 4. The molecule has 0 aliphatic heterocycles. The predicted molar refractivity (Wildman–Crippen MR) is 64.1 cm³/mol. The number of aliphatic carboxylic acids is 1. The van der Waals surface area contributed by atoms with Gasteiger partial charge in [-0.1, -0.05) is 0 Å². The minimum Gasteiger partial charge on any atom is -0.480 e. The van der Waals surface area contributed by atoms with Crippen molar-refractivity contribution in [1.29, 1.82) is 0 Å². The van der Waals surface area contributed by atoms with Gasteiger partial charge in [0.25, 0.3) is 0 Å². The fourth-order valence-electron chi connectivity index (χ4n) is 2.06. The molecule has 0 bridgehead atoms. The van der Waals surface area contributed by atoms with Gasteiger partial charge in [-0.05, 0) is 26.7 Å². The van der Waals surface area contributed by atoms with Crippen molar-refractivity contribution < 1.29 is 14.7 Å². The first-order valence-corrected chi connectivity index (χ1v) is 5.89. The van der Waals surface area contributed by atoms with Crippen LogP contribution in [0.15, 0.2) is 0 Å². The molecule has 1 saturated carbocycles. The maximum Gasteiger partial charge on any atom is 0.329 e. The number of hydrogen-bond acceptors (Lipinski definition) is 3. The lowest BCUT2D eigenvalue weighted by atomic mass is 10.1. The summed E-state index contributed by atoms with van der Waals surface area (Å²) in [6.07, 6.45) is 1.21. The quantitative estimate of drug-likeness (QED) is 0.806. The molecule has 1 aromatic heterocycles. The summed E-state index contributed by atoms with van der Waals surface area (Å²) in [5.41, 5.74) is 1.60. The van der Waals surface area contributed by atoms with Crippen LogP contribution in [0.4, 0.5) is 0 Å². The Kier molecular flexibility index (Phi) is 2.88. The maximum absolute atomic E-state index is 11.9. The smallest absolute Gasteiger partial charge is 0.329 e. The van der Waals surface area contributed by atoms with Crippen molar-refractivity contribution in [2.24, 2.45) is 7.05 Å². The number of amides is 1. The highest BCUT2D eigenvalue weighted by molar-refractivity contribution is 5.90. The summed E-state index contributed by atoms with van der Waals surface area (Å²) in [6, 6.07) is 0. The molecule has 0 spiro atoms. The zero-order valence-corrected chi connectivity index (χ0v) is 10.8. The molecule has 0 atom stereocenters. The standard InChI is InChI=1S/C12H17N3O3/c1-7-9(8(2)15(3)14-7)6-10(16)13-12(4-5-12)11(17)18/h4-6H2,1-3H3,(H,13,16)(H,17,18). The lowest BCUT2D eigenvalue weighted by Gasteiger charge is -2.12. The van der Waals surface area contributed by atoms with Crippen molar-refractivity contribution in [1.82, 2.24) is 15.1 Å². The third kappa shape index (κ3) is 2.10. The zero-order chi connectivity index (χ0) is 13.5. The average Bonchev–Trinajstić information content (AvgIpc) is 3.01. The van der Waals surface area contributed by atoms with E-state index in [1.165, 1.54) is 0 Å². The van der Waals surface area contributed by atoms with Crippen LogP contribution >= 0.6 is 0 Å². The molecule has 2 N–H and O–H groups in total. The molecule has 98 valence electrons. The Balaban J connectivity index is 2.06. The van der Waals surface area contributed by atoms with E-state index in [1.807, 2.05) is 20.9 Å². The molecule has 6 heteroatoms. The van der Waals surface area contributed by atoms with Gasteiger partial charge in [0.2, 0.25) is 5.91 Å². The lowest BCUT2D eigenvalue weighted by molar-refractivity contribution is -0.143. The van der Waals surface area contributed by atoms with Gasteiger partial charge in [-0.2, -0.15) is 5.10 Å². The monoisotopic (exact) mass is 251 g/mol. The molecule has 0 unspecified atom stereocenters. The van der Waals surface area contributed by atoms with E-state index in [-0.39, 0.29) is 12.3 Å². The Bertz CT molecular complexity index is 515. The van der Waals surface area contributed by atoms with Crippen molar-refractivity contribution in [3.05, 3.63) is 17.0 Å². The van der Waals surface area contributed by atoms with Gasteiger partial charge in [0.1, 0.15) is 5.54 Å². The SMILES string of the molecule is Cc1nn(C)c(C)c1CC(=O)NC1(C(=O)O)CC1. The van der Waals surface area contributed by atoms with Gasteiger partial charge in [0.05, 0.1) is 12.1 Å². The first-order chi connectivity index (χ1) is 8.35. The molecule has 1 aliphatic rings. The summed E-state index contributed by atoms with van der Waals surface area (Å²) in [7, 11) is 1.82. The van der Waals surface area contributed by atoms with E-state index in [4.69, 9.17) is 5.11 Å². The second-order valence-electron chi connectivity index (χ2n) is 4.89. The second-order valence-corrected chi connectivity index (χ2v) is 4.89. The fourth-order valence-corrected chi connectivity index (χ4v) is 2.06. The van der Waals surface area contributed by atoms with E-state index < -0.39 is 11.5 Å². The highest BCUT2D eigenvalue weighted by Gasteiger charge is 2.51. The van der Waals surface area contributed by atoms with Crippen LogP contribution in [0.2, 0.25) is 0 Å². The molecule has 0 radical (unpaired) electrons. The Morgan fingerprint density at radius 3 is 2.44 bits per heavy atom. The summed E-state index contributed by atoms with van der Waals surface area (Å²) < 4.78 is 1.72. The highest BCUT2D eigenvalue weighted by atomic mass is 16.4. The summed E-state index contributed by atoms with van der Waals surface area (Å²) in [6.45, 7) is 3.74. The van der Waals surface area contributed by atoms with Crippen LogP contribution in [0, 0.1) is 13.8 Å². The van der Waals surface area contributed by atoms with Crippen LogP contribution in [-0.4, -0.2) is 32.3 Å². The number of carbonyl (C=O) groups is 2.